The minimum Gasteiger partial charge on any atom is -0.311 e. The van der Waals surface area contributed by atoms with E-state index in [0.717, 1.165) is 22.3 Å². The van der Waals surface area contributed by atoms with Crippen LogP contribution in [0.5, 0.6) is 0 Å². The molecule has 5 heteroatoms. The topological polar surface area (TPSA) is 24.4 Å². The summed E-state index contributed by atoms with van der Waals surface area (Å²) >= 11 is 0. The Labute approximate surface area is 117 Å². The van der Waals surface area contributed by atoms with Crippen molar-refractivity contribution in [1.29, 1.82) is 0 Å². The van der Waals surface area contributed by atoms with Crippen molar-refractivity contribution in [3.63, 3.8) is 0 Å². The molecule has 0 aliphatic carbocycles. The van der Waals surface area contributed by atoms with Crippen molar-refractivity contribution < 1.29 is 8.78 Å². The lowest BCUT2D eigenvalue weighted by Gasteiger charge is -2.33. The van der Waals surface area contributed by atoms with E-state index in [1.54, 1.807) is 0 Å². The molecule has 1 atom stereocenters. The predicted molar refractivity (Wildman–Crippen MR) is 74.9 cm³/mol. The first-order valence-electron chi connectivity index (χ1n) is 6.30. The second-order valence-electron chi connectivity index (χ2n) is 5.16. The molecule has 1 saturated heterocycles. The minimum absolute atomic E-state index is 0. The van der Waals surface area contributed by atoms with E-state index in [9.17, 15) is 8.78 Å². The van der Waals surface area contributed by atoms with E-state index in [4.69, 9.17) is 0 Å². The summed E-state index contributed by atoms with van der Waals surface area (Å²) in [6.07, 6.45) is 2.32. The van der Waals surface area contributed by atoms with Gasteiger partial charge in [0.2, 0.25) is 0 Å². The number of alkyl halides is 2. The third kappa shape index (κ3) is 2.51. The molecule has 0 spiro atoms. The molecular weight excluding hydrogens is 270 g/mol. The number of piperidine rings is 1. The number of hydrogen-bond donors (Lipinski definition) is 1. The van der Waals surface area contributed by atoms with Crippen molar-refractivity contribution >= 4 is 18.6 Å². The van der Waals surface area contributed by atoms with Crippen molar-refractivity contribution in [2.24, 2.45) is 4.99 Å². The van der Waals surface area contributed by atoms with Gasteiger partial charge in [-0.1, -0.05) is 6.07 Å². The number of rotatable bonds is 1. The monoisotopic (exact) mass is 286 g/mol. The highest BCUT2D eigenvalue weighted by Crippen LogP contribution is 2.40. The number of aryl methyl sites for hydroxylation is 1. The zero-order valence-electron chi connectivity index (χ0n) is 10.7. The molecule has 1 N–H and O–H groups in total. The first kappa shape index (κ1) is 14.4. The van der Waals surface area contributed by atoms with E-state index in [-0.39, 0.29) is 19.0 Å². The number of nitrogens with zero attached hydrogens (tertiary/aromatic N) is 1. The maximum atomic E-state index is 14.0. The smallest absolute Gasteiger partial charge is 0.267 e. The molecule has 1 unspecified atom stereocenters. The standard InChI is InChI=1S/C14H16F2N2.ClH/c1-9-4-10-6-18-7-11(10)5-12(9)13-2-3-17-8-14(13,15)16;/h4-6,13,17H,2-3,7-8H2,1H3;1H. The van der Waals surface area contributed by atoms with Crippen molar-refractivity contribution in [1.82, 2.24) is 5.32 Å². The molecule has 0 amide bonds. The van der Waals surface area contributed by atoms with E-state index in [0.29, 0.717) is 19.5 Å². The normalized spacial score (nSPS) is 23.8. The second kappa shape index (κ2) is 5.17. The van der Waals surface area contributed by atoms with Crippen molar-refractivity contribution in [3.8, 4) is 0 Å². The highest BCUT2D eigenvalue weighted by molar-refractivity contribution is 5.85. The van der Waals surface area contributed by atoms with Crippen molar-refractivity contribution in [2.45, 2.75) is 31.7 Å². The lowest BCUT2D eigenvalue weighted by molar-refractivity contribution is -0.0422. The van der Waals surface area contributed by atoms with Crippen LogP contribution in [-0.2, 0) is 6.54 Å². The van der Waals surface area contributed by atoms with Crippen LogP contribution in [0.4, 0.5) is 8.78 Å². The van der Waals surface area contributed by atoms with Gasteiger partial charge in [-0.25, -0.2) is 8.78 Å². The predicted octanol–water partition coefficient (Wildman–Crippen LogP) is 3.06. The summed E-state index contributed by atoms with van der Waals surface area (Å²) in [4.78, 5) is 4.19. The Balaban J connectivity index is 0.00000133. The maximum Gasteiger partial charge on any atom is 0.267 e. The minimum atomic E-state index is -2.66. The molecule has 104 valence electrons. The third-order valence-electron chi connectivity index (χ3n) is 3.88. The molecule has 0 radical (unpaired) electrons. The van der Waals surface area contributed by atoms with Gasteiger partial charge in [-0.05, 0) is 48.2 Å². The molecule has 0 aromatic heterocycles. The van der Waals surface area contributed by atoms with Crippen LogP contribution >= 0.6 is 12.4 Å². The van der Waals surface area contributed by atoms with E-state index in [2.05, 4.69) is 10.3 Å². The number of benzene rings is 1. The van der Waals surface area contributed by atoms with Gasteiger partial charge in [0.15, 0.2) is 0 Å². The summed E-state index contributed by atoms with van der Waals surface area (Å²) in [5.74, 6) is -3.32. The van der Waals surface area contributed by atoms with Crippen LogP contribution in [0.3, 0.4) is 0 Å². The zero-order chi connectivity index (χ0) is 12.8. The van der Waals surface area contributed by atoms with E-state index in [1.165, 1.54) is 0 Å². The molecule has 2 nitrogen and oxygen atoms in total. The van der Waals surface area contributed by atoms with Crippen LogP contribution in [0.1, 0.15) is 34.6 Å². The molecule has 2 heterocycles. The molecule has 19 heavy (non-hydrogen) atoms. The Morgan fingerprint density at radius 3 is 2.89 bits per heavy atom. The zero-order valence-corrected chi connectivity index (χ0v) is 11.6. The Morgan fingerprint density at radius 2 is 2.16 bits per heavy atom. The number of hydrogen-bond acceptors (Lipinski definition) is 2. The molecular formula is C14H17ClF2N2. The number of aliphatic imine (C=N–C) groups is 1. The Morgan fingerprint density at radius 1 is 1.37 bits per heavy atom. The largest absolute Gasteiger partial charge is 0.311 e. The molecule has 2 aliphatic heterocycles. The Hall–Kier alpha value is -1.00. The lowest BCUT2D eigenvalue weighted by Crippen LogP contribution is -2.44. The second-order valence-corrected chi connectivity index (χ2v) is 5.16. The van der Waals surface area contributed by atoms with Crippen LogP contribution in [0.25, 0.3) is 0 Å². The number of halogens is 3. The molecule has 1 aromatic rings. The molecule has 3 rings (SSSR count). The number of nitrogens with one attached hydrogen (secondary N) is 1. The van der Waals surface area contributed by atoms with Gasteiger partial charge in [0, 0.05) is 6.21 Å². The van der Waals surface area contributed by atoms with Crippen molar-refractivity contribution in [2.75, 3.05) is 13.1 Å². The van der Waals surface area contributed by atoms with E-state index < -0.39 is 11.8 Å². The van der Waals surface area contributed by atoms with Gasteiger partial charge in [0.05, 0.1) is 19.0 Å². The summed E-state index contributed by atoms with van der Waals surface area (Å²) in [5.41, 5.74) is 3.90. The first-order valence-corrected chi connectivity index (χ1v) is 6.30. The highest BCUT2D eigenvalue weighted by atomic mass is 35.5. The fourth-order valence-electron chi connectivity index (χ4n) is 2.89. The van der Waals surface area contributed by atoms with Crippen LogP contribution in [0.15, 0.2) is 17.1 Å². The Kier molecular flexibility index (Phi) is 3.92. The molecule has 0 bridgehead atoms. The Bertz CT molecular complexity index is 514. The average Bonchev–Trinajstić information content (AvgIpc) is 2.75. The van der Waals surface area contributed by atoms with E-state index in [1.807, 2.05) is 25.3 Å². The average molecular weight is 287 g/mol. The summed E-state index contributed by atoms with van der Waals surface area (Å²) in [6, 6.07) is 3.92. The quantitative estimate of drug-likeness (QED) is 0.843. The van der Waals surface area contributed by atoms with Crippen molar-refractivity contribution in [3.05, 3.63) is 34.4 Å². The maximum absolute atomic E-state index is 14.0. The van der Waals surface area contributed by atoms with Gasteiger partial charge in [-0.15, -0.1) is 12.4 Å². The molecule has 1 aromatic carbocycles. The van der Waals surface area contributed by atoms with Gasteiger partial charge in [0.25, 0.3) is 5.92 Å². The van der Waals surface area contributed by atoms with E-state index >= 15 is 0 Å². The van der Waals surface area contributed by atoms with Gasteiger partial charge in [-0.3, -0.25) is 4.99 Å². The summed E-state index contributed by atoms with van der Waals surface area (Å²) in [6.45, 7) is 2.98. The highest BCUT2D eigenvalue weighted by Gasteiger charge is 2.43. The molecule has 0 saturated carbocycles. The van der Waals surface area contributed by atoms with Crippen LogP contribution in [-0.4, -0.2) is 25.2 Å². The summed E-state index contributed by atoms with van der Waals surface area (Å²) in [7, 11) is 0. The van der Waals surface area contributed by atoms with Crippen LogP contribution in [0.2, 0.25) is 0 Å². The fraction of sp³-hybridized carbons (Fsp3) is 0.500. The van der Waals surface area contributed by atoms with Crippen LogP contribution < -0.4 is 5.32 Å². The van der Waals surface area contributed by atoms with Gasteiger partial charge >= 0.3 is 0 Å². The van der Waals surface area contributed by atoms with Gasteiger partial charge < -0.3 is 5.32 Å². The fourth-order valence-corrected chi connectivity index (χ4v) is 2.89. The van der Waals surface area contributed by atoms with Gasteiger partial charge in [-0.2, -0.15) is 0 Å². The molecule has 1 fully saturated rings. The van der Waals surface area contributed by atoms with Crippen LogP contribution in [0, 0.1) is 6.92 Å². The van der Waals surface area contributed by atoms with Gasteiger partial charge in [0.1, 0.15) is 0 Å². The first-order chi connectivity index (χ1) is 8.58. The number of fused-ring (bicyclic) bond motifs is 1. The third-order valence-corrected chi connectivity index (χ3v) is 3.88. The summed E-state index contributed by atoms with van der Waals surface area (Å²) in [5, 5.41) is 2.77. The lowest BCUT2D eigenvalue weighted by atomic mass is 9.83. The summed E-state index contributed by atoms with van der Waals surface area (Å²) < 4.78 is 28.0. The molecule has 2 aliphatic rings. The SMILES string of the molecule is Cc1cc2c(cc1C1CCNCC1(F)F)CN=C2.Cl.